The van der Waals surface area contributed by atoms with Crippen LogP contribution in [0.3, 0.4) is 0 Å². The molecule has 6 heteroatoms. The predicted octanol–water partition coefficient (Wildman–Crippen LogP) is 1.57. The summed E-state index contributed by atoms with van der Waals surface area (Å²) in [5, 5.41) is 8.80. The van der Waals surface area contributed by atoms with E-state index in [9.17, 15) is 4.79 Å². The average Bonchev–Trinajstić information content (AvgIpc) is 3.30. The van der Waals surface area contributed by atoms with Crippen molar-refractivity contribution >= 4 is 11.8 Å². The lowest BCUT2D eigenvalue weighted by Gasteiger charge is -2.32. The molecule has 1 aromatic heterocycles. The van der Waals surface area contributed by atoms with Gasteiger partial charge in [0.15, 0.2) is 5.69 Å². The number of hydrogen-bond acceptors (Lipinski definition) is 5. The van der Waals surface area contributed by atoms with E-state index >= 15 is 0 Å². The van der Waals surface area contributed by atoms with Crippen molar-refractivity contribution in [3.8, 4) is 0 Å². The highest BCUT2D eigenvalue weighted by molar-refractivity contribution is 5.84. The number of aromatic carboxylic acids is 1. The molecule has 0 radical (unpaired) electrons. The Hall–Kier alpha value is -1.69. The van der Waals surface area contributed by atoms with Crippen LogP contribution >= 0.6 is 0 Å². The minimum Gasteiger partial charge on any atom is -0.476 e. The summed E-state index contributed by atoms with van der Waals surface area (Å²) in [6.07, 6.45) is 7.85. The Balaban J connectivity index is 1.50. The van der Waals surface area contributed by atoms with Crippen LogP contribution in [-0.2, 0) is 4.74 Å². The molecule has 1 aliphatic heterocycles. The molecule has 0 amide bonds. The summed E-state index contributed by atoms with van der Waals surface area (Å²) < 4.78 is 5.90. The highest BCUT2D eigenvalue weighted by atomic mass is 16.5. The Labute approximate surface area is 117 Å². The average molecular weight is 277 g/mol. The number of rotatable bonds is 5. The molecule has 0 unspecified atom stereocenters. The first-order valence-corrected chi connectivity index (χ1v) is 7.14. The van der Waals surface area contributed by atoms with Crippen molar-refractivity contribution in [3.05, 3.63) is 18.1 Å². The minimum absolute atomic E-state index is 0.0172. The number of carbonyl (C=O) groups is 1. The molecule has 0 spiro atoms. The number of ether oxygens (including phenoxy) is 1. The molecule has 108 valence electrons. The van der Waals surface area contributed by atoms with E-state index in [0.717, 1.165) is 44.3 Å². The molecule has 1 aromatic rings. The molecule has 1 saturated heterocycles. The van der Waals surface area contributed by atoms with Crippen molar-refractivity contribution in [2.75, 3.05) is 24.6 Å². The number of hydrogen-bond donors (Lipinski definition) is 1. The number of anilines is 1. The Kier molecular flexibility index (Phi) is 3.82. The van der Waals surface area contributed by atoms with Crippen LogP contribution in [0.4, 0.5) is 5.82 Å². The molecule has 2 heterocycles. The van der Waals surface area contributed by atoms with Gasteiger partial charge in [-0.2, -0.15) is 0 Å². The zero-order valence-corrected chi connectivity index (χ0v) is 11.4. The van der Waals surface area contributed by atoms with Crippen LogP contribution in [0.2, 0.25) is 0 Å². The van der Waals surface area contributed by atoms with Crippen molar-refractivity contribution in [2.45, 2.75) is 31.8 Å². The van der Waals surface area contributed by atoms with Gasteiger partial charge in [-0.1, -0.05) is 0 Å². The van der Waals surface area contributed by atoms with Gasteiger partial charge in [0, 0.05) is 19.7 Å². The van der Waals surface area contributed by atoms with E-state index in [4.69, 9.17) is 9.84 Å². The Morgan fingerprint density at radius 3 is 2.55 bits per heavy atom. The van der Waals surface area contributed by atoms with Gasteiger partial charge in [0.1, 0.15) is 5.82 Å². The molecule has 0 bridgehead atoms. The lowest BCUT2D eigenvalue weighted by molar-refractivity contribution is 0.0304. The highest BCUT2D eigenvalue weighted by Crippen LogP contribution is 2.30. The van der Waals surface area contributed by atoms with Crippen LogP contribution < -0.4 is 4.90 Å². The first-order valence-electron chi connectivity index (χ1n) is 7.14. The number of nitrogens with zero attached hydrogens (tertiary/aromatic N) is 3. The molecule has 2 fully saturated rings. The van der Waals surface area contributed by atoms with E-state index in [2.05, 4.69) is 14.9 Å². The summed E-state index contributed by atoms with van der Waals surface area (Å²) in [6, 6.07) is 0. The van der Waals surface area contributed by atoms with E-state index in [-0.39, 0.29) is 5.69 Å². The molecule has 1 aliphatic carbocycles. The topological polar surface area (TPSA) is 75.5 Å². The van der Waals surface area contributed by atoms with Gasteiger partial charge >= 0.3 is 5.97 Å². The zero-order chi connectivity index (χ0) is 13.9. The fourth-order valence-corrected chi connectivity index (χ4v) is 2.40. The van der Waals surface area contributed by atoms with Gasteiger partial charge in [-0.05, 0) is 31.6 Å². The van der Waals surface area contributed by atoms with Gasteiger partial charge in [-0.3, -0.25) is 0 Å². The van der Waals surface area contributed by atoms with Crippen molar-refractivity contribution in [1.82, 2.24) is 9.97 Å². The maximum absolute atomic E-state index is 10.7. The van der Waals surface area contributed by atoms with E-state index in [1.165, 1.54) is 25.2 Å². The van der Waals surface area contributed by atoms with Crippen LogP contribution in [-0.4, -0.2) is 46.8 Å². The van der Waals surface area contributed by atoms with Gasteiger partial charge in [0.25, 0.3) is 0 Å². The molecule has 2 aliphatic rings. The van der Waals surface area contributed by atoms with E-state index in [1.54, 1.807) is 0 Å². The quantitative estimate of drug-likeness (QED) is 0.880. The minimum atomic E-state index is -1.05. The molecule has 0 atom stereocenters. The molecule has 1 N–H and O–H groups in total. The largest absolute Gasteiger partial charge is 0.476 e. The molecule has 20 heavy (non-hydrogen) atoms. The van der Waals surface area contributed by atoms with Gasteiger partial charge in [-0.25, -0.2) is 14.8 Å². The van der Waals surface area contributed by atoms with Crippen molar-refractivity contribution in [1.29, 1.82) is 0 Å². The Morgan fingerprint density at radius 2 is 2.00 bits per heavy atom. The van der Waals surface area contributed by atoms with E-state index in [0.29, 0.717) is 6.10 Å². The molecular weight excluding hydrogens is 258 g/mol. The van der Waals surface area contributed by atoms with Gasteiger partial charge in [0.05, 0.1) is 18.5 Å². The van der Waals surface area contributed by atoms with Crippen LogP contribution in [0.15, 0.2) is 12.4 Å². The summed E-state index contributed by atoms with van der Waals surface area (Å²) in [5.41, 5.74) is -0.0172. The summed E-state index contributed by atoms with van der Waals surface area (Å²) in [4.78, 5) is 20.9. The second-order valence-electron chi connectivity index (χ2n) is 5.53. The zero-order valence-electron chi connectivity index (χ0n) is 11.4. The van der Waals surface area contributed by atoms with Crippen LogP contribution in [0.1, 0.15) is 36.2 Å². The molecule has 0 aromatic carbocycles. The fourth-order valence-electron chi connectivity index (χ4n) is 2.40. The van der Waals surface area contributed by atoms with Crippen molar-refractivity contribution in [2.24, 2.45) is 5.92 Å². The lowest BCUT2D eigenvalue weighted by atomic mass is 10.1. The van der Waals surface area contributed by atoms with E-state index < -0.39 is 5.97 Å². The van der Waals surface area contributed by atoms with Crippen LogP contribution in [0, 0.1) is 5.92 Å². The van der Waals surface area contributed by atoms with Gasteiger partial charge in [0.2, 0.25) is 0 Å². The highest BCUT2D eigenvalue weighted by Gasteiger charge is 2.25. The van der Waals surface area contributed by atoms with E-state index in [1.807, 2.05) is 0 Å². The number of carboxylic acids is 1. The van der Waals surface area contributed by atoms with Gasteiger partial charge < -0.3 is 14.7 Å². The molecule has 3 rings (SSSR count). The monoisotopic (exact) mass is 277 g/mol. The fraction of sp³-hybridized carbons (Fsp3) is 0.643. The second kappa shape index (κ2) is 5.75. The third kappa shape index (κ3) is 3.25. The third-order valence-electron chi connectivity index (χ3n) is 3.89. The number of carboxylic acid groups (broad SMARTS) is 1. The molecule has 6 nitrogen and oxygen atoms in total. The first kappa shape index (κ1) is 13.3. The smallest absolute Gasteiger partial charge is 0.356 e. The summed E-state index contributed by atoms with van der Waals surface area (Å²) in [6.45, 7) is 2.69. The van der Waals surface area contributed by atoms with Crippen LogP contribution in [0.25, 0.3) is 0 Å². The lowest BCUT2D eigenvalue weighted by Crippen LogP contribution is -2.37. The van der Waals surface area contributed by atoms with Gasteiger partial charge in [-0.15, -0.1) is 0 Å². The summed E-state index contributed by atoms with van der Waals surface area (Å²) in [7, 11) is 0. The molecular formula is C14H19N3O3. The normalized spacial score (nSPS) is 20.1. The van der Waals surface area contributed by atoms with Crippen molar-refractivity contribution < 1.29 is 14.6 Å². The maximum atomic E-state index is 10.7. The predicted molar refractivity (Wildman–Crippen MR) is 72.9 cm³/mol. The molecule has 1 saturated carbocycles. The second-order valence-corrected chi connectivity index (χ2v) is 5.53. The Bertz CT molecular complexity index is 465. The number of aromatic nitrogens is 2. The summed E-state index contributed by atoms with van der Waals surface area (Å²) in [5.74, 6) is 0.509. The number of piperidine rings is 1. The standard InChI is InChI=1S/C14H19N3O3/c18-14(19)12-7-16-13(8-15-12)17-5-3-11(4-6-17)20-9-10-1-2-10/h7-8,10-11H,1-6,9H2,(H,18,19). The maximum Gasteiger partial charge on any atom is 0.356 e. The Morgan fingerprint density at radius 1 is 1.25 bits per heavy atom. The first-order chi connectivity index (χ1) is 9.72. The SMILES string of the molecule is O=C(O)c1cnc(N2CCC(OCC3CC3)CC2)cn1. The van der Waals surface area contributed by atoms with Crippen molar-refractivity contribution in [3.63, 3.8) is 0 Å². The van der Waals surface area contributed by atoms with Crippen LogP contribution in [0.5, 0.6) is 0 Å². The summed E-state index contributed by atoms with van der Waals surface area (Å²) >= 11 is 0. The third-order valence-corrected chi connectivity index (χ3v) is 3.89.